The number of imide groups is 1. The van der Waals surface area contributed by atoms with Crippen LogP contribution in [0.4, 0.5) is 5.69 Å². The molecule has 0 aromatic heterocycles. The summed E-state index contributed by atoms with van der Waals surface area (Å²) in [5.74, 6) is -1.56. The van der Waals surface area contributed by atoms with Gasteiger partial charge in [0.15, 0.2) is 0 Å². The van der Waals surface area contributed by atoms with E-state index in [1.54, 1.807) is 13.0 Å². The quantitative estimate of drug-likeness (QED) is 0.737. The van der Waals surface area contributed by atoms with Crippen LogP contribution in [0.3, 0.4) is 0 Å². The molecule has 1 heterocycles. The molecule has 0 fully saturated rings. The highest BCUT2D eigenvalue weighted by Crippen LogP contribution is 2.23. The van der Waals surface area contributed by atoms with Crippen LogP contribution < -0.4 is 10.6 Å². The Labute approximate surface area is 125 Å². The highest BCUT2D eigenvalue weighted by atomic mass is 16.3. The minimum absolute atomic E-state index is 0.119. The van der Waals surface area contributed by atoms with Crippen molar-refractivity contribution in [3.8, 4) is 5.75 Å². The first-order valence-corrected chi connectivity index (χ1v) is 6.56. The zero-order chi connectivity index (χ0) is 15.9. The van der Waals surface area contributed by atoms with Crippen LogP contribution >= 0.6 is 0 Å². The predicted octanol–water partition coefficient (Wildman–Crippen LogP) is 1.84. The third kappa shape index (κ3) is 2.31. The number of fused-ring (bicyclic) bond motifs is 1. The maximum Gasteiger partial charge on any atom is 0.259 e. The van der Waals surface area contributed by atoms with Gasteiger partial charge in [-0.1, -0.05) is 6.07 Å². The van der Waals surface area contributed by atoms with Crippen molar-refractivity contribution in [1.29, 1.82) is 0 Å². The first-order valence-electron chi connectivity index (χ1n) is 6.56. The van der Waals surface area contributed by atoms with E-state index in [1.807, 2.05) is 0 Å². The second kappa shape index (κ2) is 5.00. The Hall–Kier alpha value is -3.15. The summed E-state index contributed by atoms with van der Waals surface area (Å²) in [7, 11) is 0. The second-order valence-electron chi connectivity index (χ2n) is 5.02. The Bertz CT molecular complexity index is 827. The molecule has 0 saturated carbocycles. The molecule has 0 atom stereocenters. The van der Waals surface area contributed by atoms with Gasteiger partial charge < -0.3 is 10.4 Å². The monoisotopic (exact) mass is 296 g/mol. The number of hydrogen-bond donors (Lipinski definition) is 3. The largest absolute Gasteiger partial charge is 0.507 e. The number of aromatic hydroxyl groups is 1. The van der Waals surface area contributed by atoms with E-state index in [1.165, 1.54) is 30.3 Å². The van der Waals surface area contributed by atoms with Gasteiger partial charge in [0.05, 0.1) is 16.7 Å². The lowest BCUT2D eigenvalue weighted by molar-refractivity contribution is 0.0878. The number of rotatable bonds is 2. The van der Waals surface area contributed by atoms with Crippen molar-refractivity contribution in [1.82, 2.24) is 5.32 Å². The number of nitrogens with one attached hydrogen (secondary N) is 2. The fourth-order valence-electron chi connectivity index (χ4n) is 2.28. The summed E-state index contributed by atoms with van der Waals surface area (Å²) in [6.07, 6.45) is 0. The van der Waals surface area contributed by atoms with E-state index >= 15 is 0 Å². The van der Waals surface area contributed by atoms with Crippen molar-refractivity contribution in [2.24, 2.45) is 0 Å². The molecule has 0 radical (unpaired) electrons. The van der Waals surface area contributed by atoms with E-state index in [9.17, 15) is 19.5 Å². The fraction of sp³-hybridized carbons (Fsp3) is 0.0625. The number of carbonyl (C=O) groups excluding carboxylic acids is 3. The molecular weight excluding hydrogens is 284 g/mol. The molecule has 2 aromatic carbocycles. The Balaban J connectivity index is 1.88. The SMILES string of the molecule is Cc1ccc(C(=O)Nc2ccc3c(c2)C(=O)NC3=O)c(O)c1. The molecule has 0 saturated heterocycles. The smallest absolute Gasteiger partial charge is 0.259 e. The van der Waals surface area contributed by atoms with Gasteiger partial charge >= 0.3 is 0 Å². The number of phenolic OH excluding ortho intramolecular Hbond substituents is 1. The van der Waals surface area contributed by atoms with Crippen molar-refractivity contribution in [2.45, 2.75) is 6.92 Å². The molecule has 6 nitrogen and oxygen atoms in total. The van der Waals surface area contributed by atoms with Crippen LogP contribution in [0.2, 0.25) is 0 Å². The summed E-state index contributed by atoms with van der Waals surface area (Å²) in [6, 6.07) is 9.15. The van der Waals surface area contributed by atoms with Crippen LogP contribution in [-0.2, 0) is 0 Å². The molecule has 2 aromatic rings. The first-order chi connectivity index (χ1) is 10.5. The van der Waals surface area contributed by atoms with E-state index in [0.29, 0.717) is 5.69 Å². The zero-order valence-electron chi connectivity index (χ0n) is 11.6. The topological polar surface area (TPSA) is 95.5 Å². The maximum absolute atomic E-state index is 12.2. The van der Waals surface area contributed by atoms with E-state index in [-0.39, 0.29) is 22.4 Å². The van der Waals surface area contributed by atoms with Crippen LogP contribution in [0.5, 0.6) is 5.75 Å². The molecule has 3 rings (SSSR count). The molecule has 0 aliphatic carbocycles. The fourth-order valence-corrected chi connectivity index (χ4v) is 2.28. The summed E-state index contributed by atoms with van der Waals surface area (Å²) in [4.78, 5) is 35.2. The van der Waals surface area contributed by atoms with Crippen LogP contribution in [0.25, 0.3) is 0 Å². The third-order valence-electron chi connectivity index (χ3n) is 3.39. The van der Waals surface area contributed by atoms with Crippen LogP contribution in [-0.4, -0.2) is 22.8 Å². The molecule has 6 heteroatoms. The van der Waals surface area contributed by atoms with Crippen molar-refractivity contribution < 1.29 is 19.5 Å². The minimum Gasteiger partial charge on any atom is -0.507 e. The van der Waals surface area contributed by atoms with Crippen molar-refractivity contribution in [3.05, 3.63) is 58.7 Å². The van der Waals surface area contributed by atoms with Gasteiger partial charge in [0.25, 0.3) is 17.7 Å². The summed E-state index contributed by atoms with van der Waals surface area (Å²) in [5.41, 5.74) is 1.83. The van der Waals surface area contributed by atoms with Crippen molar-refractivity contribution in [3.63, 3.8) is 0 Å². The number of aryl methyl sites for hydroxylation is 1. The minimum atomic E-state index is -0.498. The lowest BCUT2D eigenvalue weighted by Crippen LogP contribution is -2.19. The van der Waals surface area contributed by atoms with Gasteiger partial charge in [0.2, 0.25) is 0 Å². The van der Waals surface area contributed by atoms with Gasteiger partial charge in [0.1, 0.15) is 5.75 Å². The standard InChI is InChI=1S/C16H12N2O4/c1-8-2-4-11(13(19)6-8)15(21)17-9-3-5-10-12(7-9)16(22)18-14(10)20/h2-7,19H,1H3,(H,17,21)(H,18,20,22). The number of hydrogen-bond acceptors (Lipinski definition) is 4. The van der Waals surface area contributed by atoms with Crippen molar-refractivity contribution in [2.75, 3.05) is 5.32 Å². The molecule has 0 spiro atoms. The summed E-state index contributed by atoms with van der Waals surface area (Å²) in [5, 5.41) is 14.6. The Morgan fingerprint density at radius 3 is 2.50 bits per heavy atom. The van der Waals surface area contributed by atoms with E-state index in [4.69, 9.17) is 0 Å². The summed E-state index contributed by atoms with van der Waals surface area (Å²) in [6.45, 7) is 1.80. The molecule has 0 unspecified atom stereocenters. The van der Waals surface area contributed by atoms with Crippen LogP contribution in [0, 0.1) is 6.92 Å². The van der Waals surface area contributed by atoms with Gasteiger partial charge in [0, 0.05) is 5.69 Å². The number of benzene rings is 2. The average molecular weight is 296 g/mol. The molecule has 1 aliphatic rings. The highest BCUT2D eigenvalue weighted by Gasteiger charge is 2.26. The van der Waals surface area contributed by atoms with Gasteiger partial charge in [-0.05, 0) is 42.8 Å². The van der Waals surface area contributed by atoms with E-state index in [2.05, 4.69) is 10.6 Å². The molecule has 22 heavy (non-hydrogen) atoms. The number of carbonyl (C=O) groups is 3. The van der Waals surface area contributed by atoms with E-state index < -0.39 is 17.7 Å². The Kier molecular flexibility index (Phi) is 3.14. The highest BCUT2D eigenvalue weighted by molar-refractivity contribution is 6.22. The lowest BCUT2D eigenvalue weighted by atomic mass is 10.1. The summed E-state index contributed by atoms with van der Waals surface area (Å²) >= 11 is 0. The molecule has 3 amide bonds. The van der Waals surface area contributed by atoms with Crippen LogP contribution in [0.15, 0.2) is 36.4 Å². The number of phenols is 1. The lowest BCUT2D eigenvalue weighted by Gasteiger charge is -2.08. The number of anilines is 1. The third-order valence-corrected chi connectivity index (χ3v) is 3.39. The molecule has 3 N–H and O–H groups in total. The first kappa shape index (κ1) is 13.8. The Morgan fingerprint density at radius 1 is 1.05 bits per heavy atom. The van der Waals surface area contributed by atoms with Gasteiger partial charge in [-0.15, -0.1) is 0 Å². The normalized spacial score (nSPS) is 12.8. The van der Waals surface area contributed by atoms with Gasteiger partial charge in [-0.25, -0.2) is 0 Å². The summed E-state index contributed by atoms with van der Waals surface area (Å²) < 4.78 is 0. The second-order valence-corrected chi connectivity index (χ2v) is 5.02. The zero-order valence-corrected chi connectivity index (χ0v) is 11.6. The predicted molar refractivity (Wildman–Crippen MR) is 79.0 cm³/mol. The molecule has 110 valence electrons. The average Bonchev–Trinajstić information content (AvgIpc) is 2.73. The Morgan fingerprint density at radius 2 is 1.77 bits per heavy atom. The van der Waals surface area contributed by atoms with Gasteiger partial charge in [-0.3, -0.25) is 19.7 Å². The number of amides is 3. The van der Waals surface area contributed by atoms with Crippen LogP contribution in [0.1, 0.15) is 36.6 Å². The molecular formula is C16H12N2O4. The van der Waals surface area contributed by atoms with E-state index in [0.717, 1.165) is 5.56 Å². The van der Waals surface area contributed by atoms with Crippen molar-refractivity contribution >= 4 is 23.4 Å². The molecule has 0 bridgehead atoms. The van der Waals surface area contributed by atoms with Gasteiger partial charge in [-0.2, -0.15) is 0 Å². The molecule has 1 aliphatic heterocycles. The maximum atomic E-state index is 12.2.